The Bertz CT molecular complexity index is 588. The first-order valence-corrected chi connectivity index (χ1v) is 5.20. The number of aromatic nitrogens is 4. The molecule has 0 aromatic carbocycles. The van der Waals surface area contributed by atoms with E-state index < -0.39 is 17.5 Å². The summed E-state index contributed by atoms with van der Waals surface area (Å²) in [6, 6.07) is 1.66. The molecule has 0 saturated heterocycles. The van der Waals surface area contributed by atoms with Crippen LogP contribution in [-0.4, -0.2) is 42.7 Å². The largest absolute Gasteiger partial charge is 0.481 e. The molecular formula is C10H10N4O3. The number of nitrogens with one attached hydrogen (secondary N) is 1. The lowest BCUT2D eigenvalue weighted by Gasteiger charge is -2.41. The van der Waals surface area contributed by atoms with Crippen LogP contribution in [0.1, 0.15) is 18.4 Å². The number of carboxylic acids is 1. The molecule has 2 aromatic rings. The van der Waals surface area contributed by atoms with Crippen LogP contribution in [0.25, 0.3) is 11.2 Å². The first-order chi connectivity index (χ1) is 8.12. The number of fused-ring (bicyclic) bond motifs is 1. The van der Waals surface area contributed by atoms with Crippen LogP contribution in [0.3, 0.4) is 0 Å². The number of rotatable bonds is 2. The minimum atomic E-state index is -1.03. The van der Waals surface area contributed by atoms with E-state index in [2.05, 4.69) is 20.4 Å². The van der Waals surface area contributed by atoms with Gasteiger partial charge in [-0.1, -0.05) is 0 Å². The van der Waals surface area contributed by atoms with Crippen molar-refractivity contribution in [1.29, 1.82) is 0 Å². The maximum Gasteiger partial charge on any atom is 0.314 e. The summed E-state index contributed by atoms with van der Waals surface area (Å²) in [4.78, 5) is 15.4. The molecule has 0 unspecified atom stereocenters. The first kappa shape index (κ1) is 10.2. The maximum atomic E-state index is 11.3. The molecule has 0 atom stereocenters. The number of aliphatic carboxylic acids is 1. The number of hydrogen-bond donors (Lipinski definition) is 3. The summed E-state index contributed by atoms with van der Waals surface area (Å²) in [5.74, 6) is -0.938. The molecular weight excluding hydrogens is 224 g/mol. The Morgan fingerprint density at radius 3 is 2.88 bits per heavy atom. The monoisotopic (exact) mass is 234 g/mol. The highest BCUT2D eigenvalue weighted by Gasteiger charge is 2.51. The second-order valence-electron chi connectivity index (χ2n) is 4.34. The van der Waals surface area contributed by atoms with Crippen molar-refractivity contribution >= 4 is 17.1 Å². The Hall–Kier alpha value is -2.02. The summed E-state index contributed by atoms with van der Waals surface area (Å²) < 4.78 is 0. The number of aromatic amines is 1. The van der Waals surface area contributed by atoms with E-state index in [9.17, 15) is 15.0 Å². The first-order valence-electron chi connectivity index (χ1n) is 5.20. The lowest BCUT2D eigenvalue weighted by Crippen LogP contribution is -2.50. The number of H-pyrrole nitrogens is 1. The number of hydrogen-bond acceptors (Lipinski definition) is 5. The summed E-state index contributed by atoms with van der Waals surface area (Å²) >= 11 is 0. The molecule has 3 rings (SSSR count). The van der Waals surface area contributed by atoms with Crippen molar-refractivity contribution in [1.82, 2.24) is 20.4 Å². The van der Waals surface area contributed by atoms with E-state index in [1.54, 1.807) is 6.07 Å². The minimum absolute atomic E-state index is 0.216. The molecule has 17 heavy (non-hydrogen) atoms. The lowest BCUT2D eigenvalue weighted by molar-refractivity contribution is -0.152. The van der Waals surface area contributed by atoms with Crippen molar-refractivity contribution in [3.05, 3.63) is 17.8 Å². The fourth-order valence-electron chi connectivity index (χ4n) is 2.28. The van der Waals surface area contributed by atoms with E-state index in [1.807, 2.05) is 0 Å². The van der Waals surface area contributed by atoms with Crippen LogP contribution < -0.4 is 0 Å². The molecule has 0 bridgehead atoms. The molecule has 0 radical (unpaired) electrons. The number of pyridine rings is 1. The molecule has 3 N–H and O–H groups in total. The van der Waals surface area contributed by atoms with Gasteiger partial charge in [0.05, 0.1) is 11.5 Å². The van der Waals surface area contributed by atoms with Gasteiger partial charge in [0.1, 0.15) is 5.52 Å². The molecule has 0 aliphatic heterocycles. The maximum absolute atomic E-state index is 11.3. The molecule has 1 fully saturated rings. The zero-order valence-electron chi connectivity index (χ0n) is 8.79. The zero-order valence-corrected chi connectivity index (χ0v) is 8.79. The quantitative estimate of drug-likeness (QED) is 0.665. The van der Waals surface area contributed by atoms with E-state index in [1.165, 1.54) is 6.20 Å². The van der Waals surface area contributed by atoms with Gasteiger partial charge >= 0.3 is 5.97 Å². The van der Waals surface area contributed by atoms with E-state index in [0.717, 1.165) is 0 Å². The summed E-state index contributed by atoms with van der Waals surface area (Å²) in [6.45, 7) is 0. The molecule has 1 aliphatic carbocycles. The van der Waals surface area contributed by atoms with E-state index >= 15 is 0 Å². The van der Waals surface area contributed by atoms with Crippen LogP contribution in [0.2, 0.25) is 0 Å². The summed E-state index contributed by atoms with van der Waals surface area (Å²) in [5.41, 5.74) is 0.523. The van der Waals surface area contributed by atoms with Crippen molar-refractivity contribution in [3.8, 4) is 0 Å². The fraction of sp³-hybridized carbons (Fsp3) is 0.400. The highest BCUT2D eigenvalue weighted by Crippen LogP contribution is 2.44. The average molecular weight is 234 g/mol. The highest BCUT2D eigenvalue weighted by molar-refractivity contribution is 5.84. The molecule has 7 nitrogen and oxygen atoms in total. The molecule has 2 aromatic heterocycles. The van der Waals surface area contributed by atoms with Crippen molar-refractivity contribution in [3.63, 3.8) is 0 Å². The smallest absolute Gasteiger partial charge is 0.314 e. The Balaban J connectivity index is 2.09. The number of carboxylic acid groups (broad SMARTS) is 1. The second kappa shape index (κ2) is 3.24. The highest BCUT2D eigenvalue weighted by atomic mass is 16.4. The van der Waals surface area contributed by atoms with Gasteiger partial charge in [-0.25, -0.2) is 4.98 Å². The van der Waals surface area contributed by atoms with Crippen LogP contribution in [0.5, 0.6) is 0 Å². The molecule has 1 saturated carbocycles. The number of nitrogens with zero attached hydrogens (tertiary/aromatic N) is 3. The van der Waals surface area contributed by atoms with Gasteiger partial charge in [0.25, 0.3) is 0 Å². The van der Waals surface area contributed by atoms with Gasteiger partial charge in [-0.15, -0.1) is 5.10 Å². The predicted octanol–water partition coefficient (Wildman–Crippen LogP) is -0.170. The van der Waals surface area contributed by atoms with Gasteiger partial charge in [0.2, 0.25) is 5.65 Å². The Kier molecular flexibility index (Phi) is 1.93. The van der Waals surface area contributed by atoms with Crippen LogP contribution in [-0.2, 0) is 10.2 Å². The minimum Gasteiger partial charge on any atom is -0.481 e. The molecule has 7 heteroatoms. The third-order valence-corrected chi connectivity index (χ3v) is 3.30. The van der Waals surface area contributed by atoms with Gasteiger partial charge < -0.3 is 10.2 Å². The van der Waals surface area contributed by atoms with E-state index in [4.69, 9.17) is 0 Å². The Morgan fingerprint density at radius 2 is 2.24 bits per heavy atom. The van der Waals surface area contributed by atoms with Crippen molar-refractivity contribution in [2.24, 2.45) is 0 Å². The fourth-order valence-corrected chi connectivity index (χ4v) is 2.28. The molecule has 1 aliphatic rings. The Morgan fingerprint density at radius 1 is 1.47 bits per heavy atom. The van der Waals surface area contributed by atoms with Gasteiger partial charge in [0.15, 0.2) is 0 Å². The lowest BCUT2D eigenvalue weighted by atomic mass is 9.63. The van der Waals surface area contributed by atoms with Gasteiger partial charge in [-0.05, 0) is 24.5 Å². The van der Waals surface area contributed by atoms with Gasteiger partial charge in [-0.3, -0.25) is 4.79 Å². The molecule has 2 heterocycles. The van der Waals surface area contributed by atoms with Crippen LogP contribution in [0, 0.1) is 0 Å². The van der Waals surface area contributed by atoms with Crippen LogP contribution in [0.4, 0.5) is 0 Å². The molecule has 88 valence electrons. The summed E-state index contributed by atoms with van der Waals surface area (Å²) in [6.07, 6.45) is 1.37. The van der Waals surface area contributed by atoms with Crippen LogP contribution in [0.15, 0.2) is 12.3 Å². The predicted molar refractivity (Wildman–Crippen MR) is 56.2 cm³/mol. The van der Waals surface area contributed by atoms with Crippen molar-refractivity contribution < 1.29 is 15.0 Å². The third-order valence-electron chi connectivity index (χ3n) is 3.30. The van der Waals surface area contributed by atoms with Crippen LogP contribution >= 0.6 is 0 Å². The number of carbonyl (C=O) groups is 1. The van der Waals surface area contributed by atoms with E-state index in [-0.39, 0.29) is 12.8 Å². The van der Waals surface area contributed by atoms with E-state index in [0.29, 0.717) is 16.7 Å². The number of aliphatic hydroxyl groups is 1. The summed E-state index contributed by atoms with van der Waals surface area (Å²) in [7, 11) is 0. The van der Waals surface area contributed by atoms with Gasteiger partial charge in [-0.2, -0.15) is 10.3 Å². The number of aliphatic hydroxyl groups excluding tert-OH is 1. The normalized spacial score (nSPS) is 27.9. The Labute approximate surface area is 95.5 Å². The SMILES string of the molecule is O=C(O)C1(c2cnc3n[nH]nc3c2)CC(O)C1. The third kappa shape index (κ3) is 1.32. The summed E-state index contributed by atoms with van der Waals surface area (Å²) in [5, 5.41) is 28.8. The van der Waals surface area contributed by atoms with Gasteiger partial charge in [0, 0.05) is 6.20 Å². The van der Waals surface area contributed by atoms with Crippen molar-refractivity contribution in [2.75, 3.05) is 0 Å². The topological polar surface area (TPSA) is 112 Å². The standard InChI is InChI=1S/C10H10N4O3/c15-6-2-10(3-6,9(16)17)5-1-7-8(11-4-5)13-14-12-7/h1,4,6,15H,2-3H2,(H,16,17)(H,11,12,13,14). The zero-order chi connectivity index (χ0) is 12.0. The van der Waals surface area contributed by atoms with Crippen molar-refractivity contribution in [2.45, 2.75) is 24.4 Å². The molecule has 0 spiro atoms. The second-order valence-corrected chi connectivity index (χ2v) is 4.34. The molecule has 0 amide bonds. The average Bonchev–Trinajstić information content (AvgIpc) is 2.70.